The number of fused-ring (bicyclic) bond motifs is 1. The quantitative estimate of drug-likeness (QED) is 0.940. The fraction of sp³-hybridized carbons (Fsp3) is 0.250. The van der Waals surface area contributed by atoms with Crippen molar-refractivity contribution >= 4 is 11.6 Å². The molecule has 20 heavy (non-hydrogen) atoms. The van der Waals surface area contributed by atoms with E-state index in [0.717, 1.165) is 29.2 Å². The Kier molecular flexibility index (Phi) is 3.81. The number of rotatable bonds is 3. The van der Waals surface area contributed by atoms with Crippen LogP contribution in [0.2, 0.25) is 5.02 Å². The summed E-state index contributed by atoms with van der Waals surface area (Å²) in [5.41, 5.74) is 1.92. The fourth-order valence-electron chi connectivity index (χ4n) is 2.35. The molecule has 1 aliphatic rings. The Bertz CT molecular complexity index is 615. The van der Waals surface area contributed by atoms with E-state index in [1.165, 1.54) is 0 Å². The van der Waals surface area contributed by atoms with Crippen molar-refractivity contribution in [1.82, 2.24) is 5.32 Å². The molecule has 1 unspecified atom stereocenters. The van der Waals surface area contributed by atoms with Gasteiger partial charge in [-0.25, -0.2) is 0 Å². The van der Waals surface area contributed by atoms with Crippen molar-refractivity contribution in [3.05, 3.63) is 47.5 Å². The maximum atomic E-state index is 6.29. The number of para-hydroxylation sites is 1. The predicted molar refractivity (Wildman–Crippen MR) is 80.7 cm³/mol. The minimum absolute atomic E-state index is 0.0103. The monoisotopic (exact) mass is 289 g/mol. The van der Waals surface area contributed by atoms with Crippen LogP contribution in [0.3, 0.4) is 0 Å². The van der Waals surface area contributed by atoms with Gasteiger partial charge in [0.1, 0.15) is 12.7 Å². The summed E-state index contributed by atoms with van der Waals surface area (Å²) < 4.78 is 11.8. The molecule has 104 valence electrons. The SMILES string of the molecule is CNCC1COc2cccc(-c3ccccc3Cl)c2O1. The van der Waals surface area contributed by atoms with E-state index in [9.17, 15) is 0 Å². The normalized spacial score (nSPS) is 17.0. The summed E-state index contributed by atoms with van der Waals surface area (Å²) in [5.74, 6) is 1.54. The zero-order valence-electron chi connectivity index (χ0n) is 11.2. The second-order valence-corrected chi connectivity index (χ2v) is 5.13. The molecule has 0 saturated heterocycles. The van der Waals surface area contributed by atoms with E-state index >= 15 is 0 Å². The van der Waals surface area contributed by atoms with Crippen LogP contribution in [-0.4, -0.2) is 26.3 Å². The van der Waals surface area contributed by atoms with Gasteiger partial charge in [-0.15, -0.1) is 0 Å². The van der Waals surface area contributed by atoms with Crippen molar-refractivity contribution in [2.45, 2.75) is 6.10 Å². The first-order valence-electron chi connectivity index (χ1n) is 6.61. The lowest BCUT2D eigenvalue weighted by atomic mass is 10.0. The highest BCUT2D eigenvalue weighted by molar-refractivity contribution is 6.33. The van der Waals surface area contributed by atoms with Crippen LogP contribution in [0.1, 0.15) is 0 Å². The molecule has 3 nitrogen and oxygen atoms in total. The Morgan fingerprint density at radius 2 is 1.95 bits per heavy atom. The van der Waals surface area contributed by atoms with Crippen molar-refractivity contribution in [2.75, 3.05) is 20.2 Å². The van der Waals surface area contributed by atoms with Crippen LogP contribution in [0.5, 0.6) is 11.5 Å². The first-order chi connectivity index (χ1) is 9.79. The summed E-state index contributed by atoms with van der Waals surface area (Å²) in [6.45, 7) is 1.30. The molecule has 4 heteroatoms. The van der Waals surface area contributed by atoms with Crippen molar-refractivity contribution < 1.29 is 9.47 Å². The molecular formula is C16H16ClNO2. The van der Waals surface area contributed by atoms with Crippen LogP contribution in [0, 0.1) is 0 Å². The molecule has 2 aromatic rings. The fourth-order valence-corrected chi connectivity index (χ4v) is 2.59. The van der Waals surface area contributed by atoms with Gasteiger partial charge < -0.3 is 14.8 Å². The summed E-state index contributed by atoms with van der Waals surface area (Å²) in [5, 5.41) is 3.82. The van der Waals surface area contributed by atoms with Gasteiger partial charge in [-0.2, -0.15) is 0 Å². The van der Waals surface area contributed by atoms with Crippen molar-refractivity contribution in [2.24, 2.45) is 0 Å². The molecule has 0 spiro atoms. The van der Waals surface area contributed by atoms with Gasteiger partial charge >= 0.3 is 0 Å². The number of hydrogen-bond acceptors (Lipinski definition) is 3. The summed E-state index contributed by atoms with van der Waals surface area (Å²) in [6.07, 6.45) is 0.0103. The maximum Gasteiger partial charge on any atom is 0.169 e. The van der Waals surface area contributed by atoms with Crippen LogP contribution in [0.15, 0.2) is 42.5 Å². The molecule has 2 aromatic carbocycles. The van der Waals surface area contributed by atoms with Crippen LogP contribution < -0.4 is 14.8 Å². The second kappa shape index (κ2) is 5.73. The van der Waals surface area contributed by atoms with Gasteiger partial charge in [-0.3, -0.25) is 0 Å². The first kappa shape index (κ1) is 13.3. The molecule has 1 atom stereocenters. The molecule has 0 bridgehead atoms. The number of nitrogens with one attached hydrogen (secondary N) is 1. The molecule has 0 amide bonds. The standard InChI is InChI=1S/C16H16ClNO2/c1-18-9-11-10-19-15-8-4-6-13(16(15)20-11)12-5-2-3-7-14(12)17/h2-8,11,18H,9-10H2,1H3. The third kappa shape index (κ3) is 2.47. The van der Waals surface area contributed by atoms with E-state index < -0.39 is 0 Å². The van der Waals surface area contributed by atoms with Gasteiger partial charge in [0.2, 0.25) is 0 Å². The number of hydrogen-bond donors (Lipinski definition) is 1. The highest BCUT2D eigenvalue weighted by Gasteiger charge is 2.24. The number of benzene rings is 2. The third-order valence-electron chi connectivity index (χ3n) is 3.28. The van der Waals surface area contributed by atoms with Gasteiger partial charge in [0.15, 0.2) is 11.5 Å². The molecule has 3 rings (SSSR count). The number of halogens is 1. The molecule has 0 saturated carbocycles. The largest absolute Gasteiger partial charge is 0.486 e. The van der Waals surface area contributed by atoms with Gasteiger partial charge in [-0.05, 0) is 19.2 Å². The minimum Gasteiger partial charge on any atom is -0.486 e. The Morgan fingerprint density at radius 3 is 2.75 bits per heavy atom. The number of likely N-dealkylation sites (N-methyl/N-ethyl adjacent to an activating group) is 1. The smallest absolute Gasteiger partial charge is 0.169 e. The molecule has 1 heterocycles. The third-order valence-corrected chi connectivity index (χ3v) is 3.61. The van der Waals surface area contributed by atoms with Crippen LogP contribution in [0.4, 0.5) is 0 Å². The summed E-state index contributed by atoms with van der Waals surface area (Å²) in [6, 6.07) is 13.6. The highest BCUT2D eigenvalue weighted by atomic mass is 35.5. The Balaban J connectivity index is 2.04. The Labute approximate surface area is 123 Å². The average Bonchev–Trinajstić information content (AvgIpc) is 2.48. The molecule has 1 aliphatic heterocycles. The molecule has 0 aliphatic carbocycles. The summed E-state index contributed by atoms with van der Waals surface area (Å²) in [7, 11) is 1.90. The van der Waals surface area contributed by atoms with Gasteiger partial charge in [0.05, 0.1) is 0 Å². The van der Waals surface area contributed by atoms with E-state index in [1.54, 1.807) is 0 Å². The van der Waals surface area contributed by atoms with Crippen LogP contribution >= 0.6 is 11.6 Å². The molecule has 0 fully saturated rings. The molecule has 1 N–H and O–H groups in total. The first-order valence-corrected chi connectivity index (χ1v) is 6.99. The lowest BCUT2D eigenvalue weighted by Gasteiger charge is -2.28. The van der Waals surface area contributed by atoms with Gasteiger partial charge in [-0.1, -0.05) is 41.9 Å². The molecule has 0 aromatic heterocycles. The second-order valence-electron chi connectivity index (χ2n) is 4.72. The van der Waals surface area contributed by atoms with E-state index in [4.69, 9.17) is 21.1 Å². The maximum absolute atomic E-state index is 6.29. The Morgan fingerprint density at radius 1 is 1.15 bits per heavy atom. The zero-order valence-corrected chi connectivity index (χ0v) is 12.0. The zero-order chi connectivity index (χ0) is 13.9. The van der Waals surface area contributed by atoms with E-state index in [-0.39, 0.29) is 6.10 Å². The highest BCUT2D eigenvalue weighted by Crippen LogP contribution is 2.42. The van der Waals surface area contributed by atoms with E-state index in [1.807, 2.05) is 49.5 Å². The topological polar surface area (TPSA) is 30.5 Å². The van der Waals surface area contributed by atoms with Crippen LogP contribution in [-0.2, 0) is 0 Å². The van der Waals surface area contributed by atoms with Gasteiger partial charge in [0.25, 0.3) is 0 Å². The lowest BCUT2D eigenvalue weighted by molar-refractivity contribution is 0.0927. The van der Waals surface area contributed by atoms with Gasteiger partial charge in [0, 0.05) is 22.7 Å². The molecular weight excluding hydrogens is 274 g/mol. The summed E-state index contributed by atoms with van der Waals surface area (Å²) >= 11 is 6.29. The molecule has 0 radical (unpaired) electrons. The van der Waals surface area contributed by atoms with Crippen molar-refractivity contribution in [1.29, 1.82) is 0 Å². The Hall–Kier alpha value is -1.71. The van der Waals surface area contributed by atoms with E-state index in [2.05, 4.69) is 5.32 Å². The van der Waals surface area contributed by atoms with Crippen molar-refractivity contribution in [3.8, 4) is 22.6 Å². The van der Waals surface area contributed by atoms with E-state index in [0.29, 0.717) is 11.6 Å². The average molecular weight is 290 g/mol. The minimum atomic E-state index is 0.0103. The summed E-state index contributed by atoms with van der Waals surface area (Å²) in [4.78, 5) is 0. The van der Waals surface area contributed by atoms with Crippen molar-refractivity contribution in [3.63, 3.8) is 0 Å². The number of ether oxygens (including phenoxy) is 2. The van der Waals surface area contributed by atoms with Crippen LogP contribution in [0.25, 0.3) is 11.1 Å². The lowest BCUT2D eigenvalue weighted by Crippen LogP contribution is -2.37. The predicted octanol–water partition coefficient (Wildman–Crippen LogP) is 3.37.